The SMILES string of the molecule is CCn1c(SCC(=O)Nc2ccc(C)cc2C)nnc1C(C)Oc1ccccc1. The van der Waals surface area contributed by atoms with Gasteiger partial charge in [-0.1, -0.05) is 47.7 Å². The highest BCUT2D eigenvalue weighted by Crippen LogP contribution is 2.25. The average Bonchev–Trinajstić information content (AvgIpc) is 3.12. The lowest BCUT2D eigenvalue weighted by Crippen LogP contribution is -2.16. The summed E-state index contributed by atoms with van der Waals surface area (Å²) in [5, 5.41) is 12.3. The number of para-hydroxylation sites is 1. The molecule has 0 fully saturated rings. The molecule has 0 bridgehead atoms. The Morgan fingerprint density at radius 3 is 2.62 bits per heavy atom. The van der Waals surface area contributed by atoms with Crippen molar-refractivity contribution in [2.75, 3.05) is 11.1 Å². The third kappa shape index (κ3) is 5.38. The Morgan fingerprint density at radius 1 is 1.17 bits per heavy atom. The molecule has 1 aromatic heterocycles. The lowest BCUT2D eigenvalue weighted by Gasteiger charge is -2.15. The van der Waals surface area contributed by atoms with Crippen molar-refractivity contribution < 1.29 is 9.53 Å². The summed E-state index contributed by atoms with van der Waals surface area (Å²) in [4.78, 5) is 12.4. The maximum Gasteiger partial charge on any atom is 0.234 e. The highest BCUT2D eigenvalue weighted by Gasteiger charge is 2.19. The van der Waals surface area contributed by atoms with Gasteiger partial charge in [0.15, 0.2) is 17.1 Å². The van der Waals surface area contributed by atoms with Crippen molar-refractivity contribution in [3.8, 4) is 5.75 Å². The molecule has 6 nitrogen and oxygen atoms in total. The second kappa shape index (κ2) is 9.60. The van der Waals surface area contributed by atoms with Crippen LogP contribution in [0.15, 0.2) is 53.7 Å². The molecule has 1 amide bonds. The molecule has 0 aliphatic carbocycles. The Balaban J connectivity index is 1.63. The second-order valence-electron chi connectivity index (χ2n) is 6.81. The van der Waals surface area contributed by atoms with E-state index >= 15 is 0 Å². The molecule has 1 unspecified atom stereocenters. The van der Waals surface area contributed by atoms with E-state index in [0.717, 1.165) is 22.8 Å². The van der Waals surface area contributed by atoms with Gasteiger partial charge in [-0.25, -0.2) is 0 Å². The van der Waals surface area contributed by atoms with Crippen LogP contribution in [0.5, 0.6) is 5.75 Å². The second-order valence-corrected chi connectivity index (χ2v) is 7.76. The Labute approximate surface area is 175 Å². The molecule has 1 N–H and O–H groups in total. The van der Waals surface area contributed by atoms with Crippen molar-refractivity contribution in [1.82, 2.24) is 14.8 Å². The van der Waals surface area contributed by atoms with Crippen molar-refractivity contribution >= 4 is 23.4 Å². The van der Waals surface area contributed by atoms with E-state index in [-0.39, 0.29) is 17.8 Å². The number of carbonyl (C=O) groups is 1. The molecule has 1 heterocycles. The monoisotopic (exact) mass is 410 g/mol. The summed E-state index contributed by atoms with van der Waals surface area (Å²) < 4.78 is 7.96. The van der Waals surface area contributed by atoms with Crippen molar-refractivity contribution in [3.05, 3.63) is 65.5 Å². The largest absolute Gasteiger partial charge is 0.483 e. The van der Waals surface area contributed by atoms with Crippen LogP contribution in [0.25, 0.3) is 0 Å². The maximum atomic E-state index is 12.4. The van der Waals surface area contributed by atoms with Crippen molar-refractivity contribution in [2.45, 2.75) is 45.5 Å². The minimum absolute atomic E-state index is 0.0669. The van der Waals surface area contributed by atoms with Gasteiger partial charge < -0.3 is 14.6 Å². The number of rotatable bonds is 8. The number of carbonyl (C=O) groups excluding carboxylic acids is 1. The lowest BCUT2D eigenvalue weighted by atomic mass is 10.1. The zero-order valence-corrected chi connectivity index (χ0v) is 18.0. The highest BCUT2D eigenvalue weighted by atomic mass is 32.2. The summed E-state index contributed by atoms with van der Waals surface area (Å²) in [7, 11) is 0. The van der Waals surface area contributed by atoms with Crippen LogP contribution in [0.2, 0.25) is 0 Å². The fraction of sp³-hybridized carbons (Fsp3) is 0.318. The molecule has 7 heteroatoms. The fourth-order valence-corrected chi connectivity index (χ4v) is 3.84. The topological polar surface area (TPSA) is 69.0 Å². The third-order valence-electron chi connectivity index (χ3n) is 4.47. The van der Waals surface area contributed by atoms with Gasteiger partial charge in [0.1, 0.15) is 5.75 Å². The molecule has 0 saturated heterocycles. The van der Waals surface area contributed by atoms with E-state index in [9.17, 15) is 4.79 Å². The Bertz CT molecular complexity index is 972. The van der Waals surface area contributed by atoms with Gasteiger partial charge in [-0.05, 0) is 51.5 Å². The Kier molecular flexibility index (Phi) is 6.93. The molecule has 3 aromatic rings. The number of thioether (sulfide) groups is 1. The van der Waals surface area contributed by atoms with E-state index in [1.165, 1.54) is 17.3 Å². The first-order chi connectivity index (χ1) is 14.0. The van der Waals surface area contributed by atoms with Crippen LogP contribution in [0.4, 0.5) is 5.69 Å². The van der Waals surface area contributed by atoms with Gasteiger partial charge in [-0.3, -0.25) is 4.79 Å². The molecule has 3 rings (SSSR count). The molecule has 0 saturated carbocycles. The predicted octanol–water partition coefficient (Wildman–Crippen LogP) is 4.79. The van der Waals surface area contributed by atoms with Gasteiger partial charge in [0.25, 0.3) is 0 Å². The van der Waals surface area contributed by atoms with E-state index in [1.807, 2.05) is 74.7 Å². The fourth-order valence-electron chi connectivity index (χ4n) is 3.03. The summed E-state index contributed by atoms with van der Waals surface area (Å²) in [6, 6.07) is 15.6. The number of aryl methyl sites for hydroxylation is 2. The summed E-state index contributed by atoms with van der Waals surface area (Å²) in [6.45, 7) is 8.70. The van der Waals surface area contributed by atoms with E-state index in [1.54, 1.807) is 0 Å². The van der Waals surface area contributed by atoms with Gasteiger partial charge in [0.05, 0.1) is 5.75 Å². The van der Waals surface area contributed by atoms with Crippen molar-refractivity contribution in [2.24, 2.45) is 0 Å². The molecule has 29 heavy (non-hydrogen) atoms. The Hall–Kier alpha value is -2.80. The summed E-state index contributed by atoms with van der Waals surface area (Å²) in [5.74, 6) is 1.73. The van der Waals surface area contributed by atoms with Crippen molar-refractivity contribution in [3.63, 3.8) is 0 Å². The smallest absolute Gasteiger partial charge is 0.234 e. The van der Waals surface area contributed by atoms with E-state index in [2.05, 4.69) is 21.6 Å². The minimum atomic E-state index is -0.247. The number of hydrogen-bond acceptors (Lipinski definition) is 5. The van der Waals surface area contributed by atoms with Gasteiger partial charge in [0, 0.05) is 12.2 Å². The molecule has 1 atom stereocenters. The minimum Gasteiger partial charge on any atom is -0.483 e. The first kappa shape index (κ1) is 20.9. The van der Waals surface area contributed by atoms with E-state index in [4.69, 9.17) is 4.74 Å². The quantitative estimate of drug-likeness (QED) is 0.541. The highest BCUT2D eigenvalue weighted by molar-refractivity contribution is 7.99. The maximum absolute atomic E-state index is 12.4. The van der Waals surface area contributed by atoms with Gasteiger partial charge in [-0.2, -0.15) is 0 Å². The zero-order valence-electron chi connectivity index (χ0n) is 17.2. The number of ether oxygens (including phenoxy) is 1. The normalized spacial score (nSPS) is 11.9. The average molecular weight is 411 g/mol. The van der Waals surface area contributed by atoms with Crippen LogP contribution in [0.1, 0.15) is 36.9 Å². The number of anilines is 1. The molecular formula is C22H26N4O2S. The first-order valence-electron chi connectivity index (χ1n) is 9.62. The van der Waals surface area contributed by atoms with Crippen LogP contribution in [0, 0.1) is 13.8 Å². The van der Waals surface area contributed by atoms with E-state index < -0.39 is 0 Å². The van der Waals surface area contributed by atoms with Crippen molar-refractivity contribution in [1.29, 1.82) is 0 Å². The van der Waals surface area contributed by atoms with Gasteiger partial charge >= 0.3 is 0 Å². The molecule has 0 spiro atoms. The number of nitrogens with zero attached hydrogens (tertiary/aromatic N) is 3. The summed E-state index contributed by atoms with van der Waals surface area (Å²) in [6.07, 6.45) is -0.247. The van der Waals surface area contributed by atoms with Gasteiger partial charge in [0.2, 0.25) is 5.91 Å². The van der Waals surface area contributed by atoms with Crippen LogP contribution < -0.4 is 10.1 Å². The molecule has 0 aliphatic heterocycles. The summed E-state index contributed by atoms with van der Waals surface area (Å²) >= 11 is 1.37. The van der Waals surface area contributed by atoms with Crippen LogP contribution >= 0.6 is 11.8 Å². The summed E-state index contributed by atoms with van der Waals surface area (Å²) in [5.41, 5.74) is 3.06. The molecule has 0 aliphatic rings. The molecule has 0 radical (unpaired) electrons. The number of hydrogen-bond donors (Lipinski definition) is 1. The third-order valence-corrected chi connectivity index (χ3v) is 5.44. The number of aromatic nitrogens is 3. The van der Waals surface area contributed by atoms with Gasteiger partial charge in [-0.15, -0.1) is 10.2 Å². The standard InChI is InChI=1S/C22H26N4O2S/c1-5-26-21(17(4)28-18-9-7-6-8-10-18)24-25-22(26)29-14-20(27)23-19-12-11-15(2)13-16(19)3/h6-13,17H,5,14H2,1-4H3,(H,23,27). The van der Waals surface area contributed by atoms with Crippen LogP contribution in [0.3, 0.4) is 0 Å². The number of benzene rings is 2. The Morgan fingerprint density at radius 2 is 1.93 bits per heavy atom. The predicted molar refractivity (Wildman–Crippen MR) is 116 cm³/mol. The van der Waals surface area contributed by atoms with Crippen LogP contribution in [-0.2, 0) is 11.3 Å². The van der Waals surface area contributed by atoms with Crippen LogP contribution in [-0.4, -0.2) is 26.4 Å². The molecular weight excluding hydrogens is 384 g/mol. The molecule has 2 aromatic carbocycles. The number of amides is 1. The van der Waals surface area contributed by atoms with E-state index in [0.29, 0.717) is 11.7 Å². The lowest BCUT2D eigenvalue weighted by molar-refractivity contribution is -0.113. The zero-order chi connectivity index (χ0) is 20.8. The molecule has 152 valence electrons. The first-order valence-corrected chi connectivity index (χ1v) is 10.6. The number of nitrogens with one attached hydrogen (secondary N) is 1.